The molecule has 0 radical (unpaired) electrons. The summed E-state index contributed by atoms with van der Waals surface area (Å²) in [5.74, 6) is -0.415. The number of hydrogen-bond donors (Lipinski definition) is 2. The molecule has 2 N–H and O–H groups in total. The molecule has 0 amide bonds. The van der Waals surface area contributed by atoms with Crippen LogP contribution in [0.3, 0.4) is 0 Å². The van der Waals surface area contributed by atoms with Crippen LogP contribution < -0.4 is 5.32 Å². The largest absolute Gasteiger partial charge is 0.476 e. The Morgan fingerprint density at radius 3 is 2.88 bits per heavy atom. The van der Waals surface area contributed by atoms with Crippen LogP contribution in [0.5, 0.6) is 0 Å². The maximum atomic E-state index is 11.5. The quantitative estimate of drug-likeness (QED) is 0.469. The second-order valence-electron chi connectivity index (χ2n) is 5.28. The Kier molecular flexibility index (Phi) is 5.24. The van der Waals surface area contributed by atoms with Crippen molar-refractivity contribution < 1.29 is 14.6 Å². The number of nitrogens with zero attached hydrogens (tertiary/aromatic N) is 6. The first-order valence-corrected chi connectivity index (χ1v) is 8.18. The number of nitrogens with one attached hydrogen (secondary N) is 1. The molecule has 3 aromatic heterocycles. The van der Waals surface area contributed by atoms with Crippen LogP contribution in [0.2, 0.25) is 5.28 Å². The number of aryl methyl sites for hydroxylation is 1. The summed E-state index contributed by atoms with van der Waals surface area (Å²) in [6.45, 7) is 4.93. The molecule has 26 heavy (non-hydrogen) atoms. The summed E-state index contributed by atoms with van der Waals surface area (Å²) < 4.78 is 6.82. The van der Waals surface area contributed by atoms with E-state index in [0.29, 0.717) is 36.9 Å². The van der Waals surface area contributed by atoms with E-state index in [1.54, 1.807) is 6.07 Å². The first kappa shape index (κ1) is 18.0. The molecule has 11 heteroatoms. The Balaban J connectivity index is 2.12. The fourth-order valence-electron chi connectivity index (χ4n) is 2.39. The van der Waals surface area contributed by atoms with Gasteiger partial charge in [-0.05, 0) is 25.4 Å². The molecule has 0 bridgehead atoms. The molecule has 0 unspecified atom stereocenters. The molecule has 136 valence electrons. The van der Waals surface area contributed by atoms with E-state index in [1.165, 1.54) is 11.0 Å². The van der Waals surface area contributed by atoms with Crippen molar-refractivity contribution in [2.75, 3.05) is 18.5 Å². The Morgan fingerprint density at radius 2 is 2.19 bits per heavy atom. The predicted molar refractivity (Wildman–Crippen MR) is 93.8 cm³/mol. The van der Waals surface area contributed by atoms with Crippen LogP contribution in [0.25, 0.3) is 11.0 Å². The predicted octanol–water partition coefficient (Wildman–Crippen LogP) is 2.06. The molecule has 0 aliphatic rings. The molecule has 3 heterocycles. The SMILES string of the molecule is CCOCCn1nc(C(=O)O)c2nc(Cl)nc(Nc3cc(C)ncn3)c21. The van der Waals surface area contributed by atoms with Gasteiger partial charge in [0.1, 0.15) is 23.2 Å². The van der Waals surface area contributed by atoms with E-state index in [9.17, 15) is 9.90 Å². The minimum atomic E-state index is -1.20. The van der Waals surface area contributed by atoms with Gasteiger partial charge in [0.2, 0.25) is 5.28 Å². The third-order valence-electron chi connectivity index (χ3n) is 3.46. The van der Waals surface area contributed by atoms with Gasteiger partial charge in [-0.25, -0.2) is 19.7 Å². The first-order chi connectivity index (χ1) is 12.5. The number of carboxylic acid groups (broad SMARTS) is 1. The van der Waals surface area contributed by atoms with Crippen LogP contribution in [0, 0.1) is 6.92 Å². The van der Waals surface area contributed by atoms with Crippen molar-refractivity contribution in [2.24, 2.45) is 0 Å². The minimum Gasteiger partial charge on any atom is -0.476 e. The maximum absolute atomic E-state index is 11.5. The van der Waals surface area contributed by atoms with Crippen molar-refractivity contribution in [2.45, 2.75) is 20.4 Å². The molecule has 0 saturated heterocycles. The molecule has 0 atom stereocenters. The van der Waals surface area contributed by atoms with Crippen molar-refractivity contribution in [1.82, 2.24) is 29.7 Å². The summed E-state index contributed by atoms with van der Waals surface area (Å²) in [7, 11) is 0. The lowest BCUT2D eigenvalue weighted by atomic mass is 10.3. The van der Waals surface area contributed by atoms with Crippen molar-refractivity contribution >= 4 is 40.2 Å². The number of aromatic carboxylic acids is 1. The Bertz CT molecular complexity index is 960. The number of rotatable bonds is 7. The van der Waals surface area contributed by atoms with Gasteiger partial charge in [0.15, 0.2) is 11.5 Å². The molecule has 0 aliphatic carbocycles. The number of aromatic nitrogens is 6. The summed E-state index contributed by atoms with van der Waals surface area (Å²) >= 11 is 5.98. The smallest absolute Gasteiger partial charge is 0.358 e. The molecule has 0 saturated carbocycles. The van der Waals surface area contributed by atoms with Crippen LogP contribution >= 0.6 is 11.6 Å². The van der Waals surface area contributed by atoms with Crippen LogP contribution in [-0.4, -0.2) is 54.0 Å². The number of ether oxygens (including phenoxy) is 1. The lowest BCUT2D eigenvalue weighted by Crippen LogP contribution is -2.10. The highest BCUT2D eigenvalue weighted by atomic mass is 35.5. The molecule has 3 rings (SSSR count). The third kappa shape index (κ3) is 3.70. The van der Waals surface area contributed by atoms with E-state index < -0.39 is 5.97 Å². The minimum absolute atomic E-state index is 0.0994. The number of hydrogen-bond acceptors (Lipinski definition) is 8. The van der Waals surface area contributed by atoms with E-state index in [0.717, 1.165) is 5.69 Å². The summed E-state index contributed by atoms with van der Waals surface area (Å²) in [4.78, 5) is 27.9. The number of carboxylic acids is 1. The summed E-state index contributed by atoms with van der Waals surface area (Å²) in [6, 6.07) is 1.72. The summed E-state index contributed by atoms with van der Waals surface area (Å²) in [5, 5.41) is 16.5. The fourth-order valence-corrected chi connectivity index (χ4v) is 2.56. The molecule has 3 aromatic rings. The molecule has 0 fully saturated rings. The van der Waals surface area contributed by atoms with E-state index in [1.807, 2.05) is 13.8 Å². The monoisotopic (exact) mass is 377 g/mol. The number of carbonyl (C=O) groups is 1. The highest BCUT2D eigenvalue weighted by Gasteiger charge is 2.22. The fraction of sp³-hybridized carbons (Fsp3) is 0.333. The van der Waals surface area contributed by atoms with E-state index >= 15 is 0 Å². The zero-order valence-electron chi connectivity index (χ0n) is 14.1. The van der Waals surface area contributed by atoms with Crippen LogP contribution in [0.15, 0.2) is 12.4 Å². The van der Waals surface area contributed by atoms with Crippen molar-refractivity contribution in [3.8, 4) is 0 Å². The van der Waals surface area contributed by atoms with E-state index in [-0.39, 0.29) is 16.5 Å². The van der Waals surface area contributed by atoms with Crippen LogP contribution in [0.1, 0.15) is 23.1 Å². The van der Waals surface area contributed by atoms with Gasteiger partial charge in [-0.2, -0.15) is 10.1 Å². The van der Waals surface area contributed by atoms with Gasteiger partial charge in [0, 0.05) is 18.4 Å². The average Bonchev–Trinajstić information content (AvgIpc) is 2.94. The highest BCUT2D eigenvalue weighted by Crippen LogP contribution is 2.27. The standard InChI is InChI=1S/C15H16ClN7O3/c1-3-26-5-4-23-12-10(11(22-23)14(24)25)20-15(16)21-13(12)19-9-6-8(2)17-7-18-9/h6-7H,3-5H2,1-2H3,(H,24,25)(H,17,18,19,20,21). The maximum Gasteiger partial charge on any atom is 0.358 e. The molecule has 10 nitrogen and oxygen atoms in total. The molecule has 0 spiro atoms. The first-order valence-electron chi connectivity index (χ1n) is 7.80. The Morgan fingerprint density at radius 1 is 1.38 bits per heavy atom. The average molecular weight is 378 g/mol. The van der Waals surface area contributed by atoms with Gasteiger partial charge in [0.25, 0.3) is 0 Å². The number of anilines is 2. The summed E-state index contributed by atoms with van der Waals surface area (Å²) in [6.07, 6.45) is 1.41. The van der Waals surface area contributed by atoms with Crippen LogP contribution in [0.4, 0.5) is 11.6 Å². The van der Waals surface area contributed by atoms with E-state index in [4.69, 9.17) is 16.3 Å². The van der Waals surface area contributed by atoms with Gasteiger partial charge in [-0.3, -0.25) is 4.68 Å². The van der Waals surface area contributed by atoms with Crippen molar-refractivity contribution in [3.05, 3.63) is 29.1 Å². The second kappa shape index (κ2) is 7.58. The lowest BCUT2D eigenvalue weighted by Gasteiger charge is -2.09. The van der Waals surface area contributed by atoms with Gasteiger partial charge in [-0.1, -0.05) is 0 Å². The third-order valence-corrected chi connectivity index (χ3v) is 3.63. The lowest BCUT2D eigenvalue weighted by molar-refractivity contribution is 0.0690. The molecule has 0 aliphatic heterocycles. The topological polar surface area (TPSA) is 128 Å². The number of fused-ring (bicyclic) bond motifs is 1. The zero-order valence-corrected chi connectivity index (χ0v) is 14.9. The van der Waals surface area contributed by atoms with Crippen LogP contribution in [-0.2, 0) is 11.3 Å². The Labute approximate surface area is 153 Å². The molecule has 0 aromatic carbocycles. The second-order valence-corrected chi connectivity index (χ2v) is 5.62. The van der Waals surface area contributed by atoms with Crippen molar-refractivity contribution in [3.63, 3.8) is 0 Å². The van der Waals surface area contributed by atoms with Gasteiger partial charge in [-0.15, -0.1) is 0 Å². The van der Waals surface area contributed by atoms with Crippen molar-refractivity contribution in [1.29, 1.82) is 0 Å². The van der Waals surface area contributed by atoms with Gasteiger partial charge < -0.3 is 15.2 Å². The van der Waals surface area contributed by atoms with Gasteiger partial charge in [0.05, 0.1) is 13.2 Å². The van der Waals surface area contributed by atoms with E-state index in [2.05, 4.69) is 30.4 Å². The highest BCUT2D eigenvalue weighted by molar-refractivity contribution is 6.29. The summed E-state index contributed by atoms with van der Waals surface area (Å²) in [5.41, 5.74) is 1.10. The molecular formula is C15H16ClN7O3. The zero-order chi connectivity index (χ0) is 18.7. The number of halogens is 1. The van der Waals surface area contributed by atoms with Gasteiger partial charge >= 0.3 is 5.97 Å². The normalized spacial score (nSPS) is 11.0. The Hall–Kier alpha value is -2.85. The molecular weight excluding hydrogens is 362 g/mol.